The summed E-state index contributed by atoms with van der Waals surface area (Å²) in [5.74, 6) is 0. The van der Waals surface area contributed by atoms with Gasteiger partial charge in [-0.05, 0) is 31.5 Å². The van der Waals surface area contributed by atoms with E-state index in [1.165, 1.54) is 6.42 Å². The third kappa shape index (κ3) is 4.23. The number of hydrogen-bond acceptors (Lipinski definition) is 5. The van der Waals surface area contributed by atoms with Crippen molar-refractivity contribution in [3.63, 3.8) is 0 Å². The number of nitrogens with one attached hydrogen (secondary N) is 1. The molecule has 8 heteroatoms. The molecule has 0 aromatic carbocycles. The standard InChI is InChI=1S/C8H14N4O2S.Na/c15-8-9-10-11-12(8)4-6-14-7-3-1-2-5-13-7;/h7H,1-6H2,(H,9,11,15);. The zero-order valence-electron chi connectivity index (χ0n) is 9.39. The molecule has 6 nitrogen and oxygen atoms in total. The molecular formula is C8H14N4NaO2S. The van der Waals surface area contributed by atoms with Gasteiger partial charge < -0.3 is 9.47 Å². The Bertz CT molecular complexity index is 350. The predicted molar refractivity (Wildman–Crippen MR) is 60.5 cm³/mol. The van der Waals surface area contributed by atoms with Crippen molar-refractivity contribution in [1.29, 1.82) is 0 Å². The number of hydrogen-bond donors (Lipinski definition) is 1. The quantitative estimate of drug-likeness (QED) is 0.625. The van der Waals surface area contributed by atoms with Crippen molar-refractivity contribution in [2.75, 3.05) is 13.2 Å². The van der Waals surface area contributed by atoms with Crippen LogP contribution in [0.2, 0.25) is 0 Å². The molecule has 0 aliphatic carbocycles. The summed E-state index contributed by atoms with van der Waals surface area (Å²) in [5, 5.41) is 9.93. The van der Waals surface area contributed by atoms with Gasteiger partial charge in [-0.3, -0.25) is 0 Å². The van der Waals surface area contributed by atoms with Crippen LogP contribution in [0.3, 0.4) is 0 Å². The molecule has 0 bridgehead atoms. The Morgan fingerprint density at radius 1 is 1.56 bits per heavy atom. The molecule has 1 aliphatic heterocycles. The molecule has 1 aromatic rings. The Kier molecular flexibility index (Phi) is 6.71. The molecule has 0 saturated carbocycles. The van der Waals surface area contributed by atoms with E-state index in [4.69, 9.17) is 21.7 Å². The average Bonchev–Trinajstić information content (AvgIpc) is 2.66. The molecular weight excluding hydrogens is 239 g/mol. The van der Waals surface area contributed by atoms with Crippen molar-refractivity contribution in [3.8, 4) is 0 Å². The molecule has 1 unspecified atom stereocenters. The van der Waals surface area contributed by atoms with Gasteiger partial charge in [-0.15, -0.1) is 0 Å². The number of H-pyrrole nitrogens is 1. The van der Waals surface area contributed by atoms with Crippen molar-refractivity contribution in [2.45, 2.75) is 32.1 Å². The van der Waals surface area contributed by atoms with Crippen LogP contribution in [0, 0.1) is 4.77 Å². The van der Waals surface area contributed by atoms with E-state index < -0.39 is 0 Å². The summed E-state index contributed by atoms with van der Waals surface area (Å²) in [4.78, 5) is 0. The number of tetrazole rings is 1. The number of ether oxygens (including phenoxy) is 2. The number of rotatable bonds is 4. The molecule has 1 aromatic heterocycles. The Morgan fingerprint density at radius 2 is 2.44 bits per heavy atom. The third-order valence-electron chi connectivity index (χ3n) is 2.29. The van der Waals surface area contributed by atoms with E-state index in [9.17, 15) is 0 Å². The Labute approximate surface area is 121 Å². The maximum absolute atomic E-state index is 5.55. The van der Waals surface area contributed by atoms with E-state index in [2.05, 4.69) is 15.5 Å². The average molecular weight is 253 g/mol. The van der Waals surface area contributed by atoms with Gasteiger partial charge in [0.2, 0.25) is 4.77 Å². The first-order valence-electron chi connectivity index (χ1n) is 5.07. The Morgan fingerprint density at radius 3 is 3.06 bits per heavy atom. The summed E-state index contributed by atoms with van der Waals surface area (Å²) < 4.78 is 13.1. The first-order valence-corrected chi connectivity index (χ1v) is 5.48. The molecule has 1 aliphatic rings. The van der Waals surface area contributed by atoms with Crippen LogP contribution >= 0.6 is 12.2 Å². The van der Waals surface area contributed by atoms with Gasteiger partial charge in [0, 0.05) is 36.2 Å². The van der Waals surface area contributed by atoms with E-state index in [0.29, 0.717) is 17.9 Å². The zero-order chi connectivity index (χ0) is 10.5. The van der Waals surface area contributed by atoms with Crippen LogP contribution in [0.15, 0.2) is 0 Å². The maximum Gasteiger partial charge on any atom is 0.238 e. The minimum absolute atomic E-state index is 0. The Hall–Kier alpha value is 0.210. The summed E-state index contributed by atoms with van der Waals surface area (Å²) in [5.41, 5.74) is 0. The van der Waals surface area contributed by atoms with E-state index in [-0.39, 0.29) is 35.8 Å². The van der Waals surface area contributed by atoms with Gasteiger partial charge in [-0.1, -0.05) is 10.3 Å². The normalized spacial score (nSPS) is 20.4. The predicted octanol–water partition coefficient (Wildman–Crippen LogP) is 0.498. The minimum atomic E-state index is -0.0520. The molecule has 1 radical (unpaired) electrons. The smallest absolute Gasteiger partial charge is 0.238 e. The largest absolute Gasteiger partial charge is 0.353 e. The summed E-state index contributed by atoms with van der Waals surface area (Å²) in [6, 6.07) is 0. The molecule has 2 heterocycles. The summed E-state index contributed by atoms with van der Waals surface area (Å²) in [6.45, 7) is 1.99. The van der Waals surface area contributed by atoms with E-state index in [1.54, 1.807) is 4.68 Å². The fraction of sp³-hybridized carbons (Fsp3) is 0.875. The monoisotopic (exact) mass is 253 g/mol. The van der Waals surface area contributed by atoms with Gasteiger partial charge in [0.25, 0.3) is 0 Å². The number of nitrogens with zero attached hydrogens (tertiary/aromatic N) is 3. The van der Waals surface area contributed by atoms with Crippen LogP contribution in [0.1, 0.15) is 19.3 Å². The van der Waals surface area contributed by atoms with E-state index >= 15 is 0 Å². The third-order valence-corrected chi connectivity index (χ3v) is 2.59. The SMILES string of the molecule is S=c1nn[nH]n1CCOC1CCCCO1.[Na]. The summed E-state index contributed by atoms with van der Waals surface area (Å²) in [7, 11) is 0. The first-order chi connectivity index (χ1) is 7.36. The molecule has 1 fully saturated rings. The van der Waals surface area contributed by atoms with Gasteiger partial charge >= 0.3 is 0 Å². The van der Waals surface area contributed by atoms with Crippen LogP contribution in [-0.2, 0) is 16.0 Å². The second-order valence-corrected chi connectivity index (χ2v) is 3.77. The van der Waals surface area contributed by atoms with Crippen LogP contribution < -0.4 is 0 Å². The van der Waals surface area contributed by atoms with Crippen molar-refractivity contribution in [2.24, 2.45) is 0 Å². The molecule has 85 valence electrons. The number of aromatic nitrogens is 4. The maximum atomic E-state index is 5.55. The molecule has 1 atom stereocenters. The number of aromatic amines is 1. The van der Waals surface area contributed by atoms with Crippen molar-refractivity contribution >= 4 is 41.8 Å². The van der Waals surface area contributed by atoms with Crippen LogP contribution in [0.25, 0.3) is 0 Å². The van der Waals surface area contributed by atoms with Gasteiger partial charge in [0.05, 0.1) is 13.2 Å². The fourth-order valence-electron chi connectivity index (χ4n) is 1.48. The van der Waals surface area contributed by atoms with Crippen molar-refractivity contribution in [1.82, 2.24) is 20.2 Å². The first kappa shape index (κ1) is 14.3. The fourth-order valence-corrected chi connectivity index (χ4v) is 1.65. The van der Waals surface area contributed by atoms with Crippen LogP contribution in [-0.4, -0.2) is 69.3 Å². The van der Waals surface area contributed by atoms with Crippen LogP contribution in [0.4, 0.5) is 0 Å². The molecule has 1 saturated heterocycles. The second-order valence-electron chi connectivity index (χ2n) is 3.40. The van der Waals surface area contributed by atoms with Crippen molar-refractivity contribution in [3.05, 3.63) is 4.77 Å². The second kappa shape index (κ2) is 7.52. The Balaban J connectivity index is 0.00000128. The van der Waals surface area contributed by atoms with Gasteiger partial charge in [0.15, 0.2) is 6.29 Å². The van der Waals surface area contributed by atoms with Crippen molar-refractivity contribution < 1.29 is 9.47 Å². The summed E-state index contributed by atoms with van der Waals surface area (Å²) >= 11 is 4.93. The van der Waals surface area contributed by atoms with E-state index in [1.807, 2.05) is 0 Å². The van der Waals surface area contributed by atoms with E-state index in [0.717, 1.165) is 19.4 Å². The minimum Gasteiger partial charge on any atom is -0.353 e. The van der Waals surface area contributed by atoms with Gasteiger partial charge in [-0.2, -0.15) is 5.21 Å². The molecule has 1 N–H and O–H groups in total. The molecule has 2 rings (SSSR count). The molecule has 0 amide bonds. The van der Waals surface area contributed by atoms with Crippen LogP contribution in [0.5, 0.6) is 0 Å². The van der Waals surface area contributed by atoms with Gasteiger partial charge in [-0.25, -0.2) is 4.68 Å². The molecule has 0 spiro atoms. The topological polar surface area (TPSA) is 65.0 Å². The molecule has 16 heavy (non-hydrogen) atoms. The summed E-state index contributed by atoms with van der Waals surface area (Å²) in [6.07, 6.45) is 3.24. The van der Waals surface area contributed by atoms with Gasteiger partial charge in [0.1, 0.15) is 0 Å². The zero-order valence-corrected chi connectivity index (χ0v) is 12.2.